The molecule has 0 saturated carbocycles. The number of hydrogen-bond acceptors (Lipinski definition) is 1. The van der Waals surface area contributed by atoms with E-state index in [1.807, 2.05) is 6.20 Å². The van der Waals surface area contributed by atoms with Crippen molar-refractivity contribution < 1.29 is 0 Å². The molecule has 0 saturated heterocycles. The summed E-state index contributed by atoms with van der Waals surface area (Å²) in [5.74, 6) is 0. The Morgan fingerprint density at radius 2 is 2.17 bits per heavy atom. The minimum absolute atomic E-state index is 0.0548. The van der Waals surface area contributed by atoms with Crippen LogP contribution in [0.25, 0.3) is 0 Å². The van der Waals surface area contributed by atoms with Gasteiger partial charge in [-0.05, 0) is 28.4 Å². The number of pyridine rings is 1. The molecule has 0 spiro atoms. The molecule has 0 unspecified atom stereocenters. The first-order valence-corrected chi connectivity index (χ1v) is 5.57. The molecule has 0 radical (unpaired) electrons. The van der Waals surface area contributed by atoms with Gasteiger partial charge in [-0.3, -0.25) is 4.79 Å². The summed E-state index contributed by atoms with van der Waals surface area (Å²) in [7, 11) is 0. The number of halogens is 2. The lowest BCUT2D eigenvalue weighted by Crippen LogP contribution is -2.18. The van der Waals surface area contributed by atoms with E-state index in [0.717, 1.165) is 22.8 Å². The molecule has 0 atom stereocenters. The molecule has 1 rings (SSSR count). The van der Waals surface area contributed by atoms with E-state index < -0.39 is 0 Å². The number of rotatable bonds is 3. The summed E-state index contributed by atoms with van der Waals surface area (Å²) in [6.07, 6.45) is 2.78. The third-order valence-electron chi connectivity index (χ3n) is 1.48. The Bertz CT molecular complexity index is 308. The molecule has 0 aromatic carbocycles. The van der Waals surface area contributed by atoms with Crippen molar-refractivity contribution >= 4 is 31.9 Å². The predicted molar refractivity (Wildman–Crippen MR) is 56.8 cm³/mol. The van der Waals surface area contributed by atoms with Crippen molar-refractivity contribution in [2.45, 2.75) is 13.0 Å². The highest BCUT2D eigenvalue weighted by atomic mass is 79.9. The molecule has 0 aliphatic heterocycles. The summed E-state index contributed by atoms with van der Waals surface area (Å²) in [5, 5.41) is 0.923. The van der Waals surface area contributed by atoms with Gasteiger partial charge in [0, 0.05) is 28.6 Å². The molecule has 0 aliphatic rings. The van der Waals surface area contributed by atoms with Gasteiger partial charge < -0.3 is 4.57 Å². The first-order chi connectivity index (χ1) is 5.74. The highest BCUT2D eigenvalue weighted by Gasteiger charge is 1.95. The van der Waals surface area contributed by atoms with Crippen molar-refractivity contribution in [3.05, 3.63) is 33.2 Å². The molecule has 66 valence electrons. The zero-order valence-corrected chi connectivity index (χ0v) is 9.64. The van der Waals surface area contributed by atoms with E-state index in [4.69, 9.17) is 0 Å². The minimum atomic E-state index is 0.0548. The molecular formula is C8H9Br2NO. The lowest BCUT2D eigenvalue weighted by atomic mass is 10.4. The highest BCUT2D eigenvalue weighted by Crippen LogP contribution is 2.05. The van der Waals surface area contributed by atoms with Gasteiger partial charge in [0.15, 0.2) is 0 Å². The van der Waals surface area contributed by atoms with Crippen LogP contribution in [0, 0.1) is 0 Å². The zero-order valence-electron chi connectivity index (χ0n) is 6.46. The average Bonchev–Trinajstić information content (AvgIpc) is 2.07. The second-order valence-corrected chi connectivity index (χ2v) is 4.13. The number of aromatic nitrogens is 1. The molecule has 0 amide bonds. The lowest BCUT2D eigenvalue weighted by molar-refractivity contribution is 0.658. The smallest absolute Gasteiger partial charge is 0.250 e. The summed E-state index contributed by atoms with van der Waals surface area (Å²) >= 11 is 6.64. The van der Waals surface area contributed by atoms with Crippen molar-refractivity contribution in [2.24, 2.45) is 0 Å². The molecule has 0 fully saturated rings. The quantitative estimate of drug-likeness (QED) is 0.785. The molecule has 0 aliphatic carbocycles. The highest BCUT2D eigenvalue weighted by molar-refractivity contribution is 9.10. The van der Waals surface area contributed by atoms with Gasteiger partial charge in [-0.25, -0.2) is 0 Å². The largest absolute Gasteiger partial charge is 0.314 e. The number of alkyl halides is 1. The lowest BCUT2D eigenvalue weighted by Gasteiger charge is -2.03. The minimum Gasteiger partial charge on any atom is -0.314 e. The van der Waals surface area contributed by atoms with Crippen LogP contribution in [0.2, 0.25) is 0 Å². The van der Waals surface area contributed by atoms with Crippen LogP contribution in [-0.2, 0) is 6.54 Å². The van der Waals surface area contributed by atoms with Gasteiger partial charge in [-0.15, -0.1) is 0 Å². The van der Waals surface area contributed by atoms with E-state index in [-0.39, 0.29) is 5.56 Å². The fourth-order valence-corrected chi connectivity index (χ4v) is 1.54. The molecular weight excluding hydrogens is 286 g/mol. The molecule has 1 heterocycles. The van der Waals surface area contributed by atoms with Gasteiger partial charge in [0.25, 0.3) is 5.56 Å². The number of aryl methyl sites for hydroxylation is 1. The Morgan fingerprint density at radius 3 is 2.83 bits per heavy atom. The van der Waals surface area contributed by atoms with Crippen molar-refractivity contribution in [3.8, 4) is 0 Å². The van der Waals surface area contributed by atoms with E-state index >= 15 is 0 Å². The Hall–Kier alpha value is -0.0900. The van der Waals surface area contributed by atoms with Gasteiger partial charge in [0.2, 0.25) is 0 Å². The van der Waals surface area contributed by atoms with E-state index in [1.54, 1.807) is 16.7 Å². The van der Waals surface area contributed by atoms with E-state index in [2.05, 4.69) is 31.9 Å². The van der Waals surface area contributed by atoms with Gasteiger partial charge in [0.1, 0.15) is 0 Å². The average molecular weight is 295 g/mol. The Kier molecular flexibility index (Phi) is 4.01. The van der Waals surface area contributed by atoms with Crippen LogP contribution in [0.1, 0.15) is 6.42 Å². The van der Waals surface area contributed by atoms with Gasteiger partial charge in [0.05, 0.1) is 0 Å². The van der Waals surface area contributed by atoms with Crippen LogP contribution in [-0.4, -0.2) is 9.90 Å². The molecule has 1 aromatic rings. The van der Waals surface area contributed by atoms with Crippen molar-refractivity contribution in [1.82, 2.24) is 4.57 Å². The summed E-state index contributed by atoms with van der Waals surface area (Å²) in [4.78, 5) is 11.2. The van der Waals surface area contributed by atoms with E-state index in [0.29, 0.717) is 0 Å². The summed E-state index contributed by atoms with van der Waals surface area (Å²) in [5.41, 5.74) is 0.0548. The van der Waals surface area contributed by atoms with Crippen molar-refractivity contribution in [3.63, 3.8) is 0 Å². The third-order valence-corrected chi connectivity index (χ3v) is 2.51. The third kappa shape index (κ3) is 2.75. The van der Waals surface area contributed by atoms with E-state index in [9.17, 15) is 4.79 Å². The van der Waals surface area contributed by atoms with E-state index in [1.165, 1.54) is 0 Å². The van der Waals surface area contributed by atoms with Crippen molar-refractivity contribution in [1.29, 1.82) is 0 Å². The van der Waals surface area contributed by atoms with Gasteiger partial charge >= 0.3 is 0 Å². The summed E-state index contributed by atoms with van der Waals surface area (Å²) in [6.45, 7) is 0.767. The fraction of sp³-hybridized carbons (Fsp3) is 0.375. The first kappa shape index (κ1) is 9.99. The topological polar surface area (TPSA) is 22.0 Å². The zero-order chi connectivity index (χ0) is 8.97. The standard InChI is InChI=1S/C8H9Br2NO/c9-4-1-5-11-6-7(10)2-3-8(11)12/h2-3,6H,1,4-5H2. The fourth-order valence-electron chi connectivity index (χ4n) is 0.907. The maximum absolute atomic E-state index is 11.2. The van der Waals surface area contributed by atoms with Gasteiger partial charge in [-0.2, -0.15) is 0 Å². The number of hydrogen-bond donors (Lipinski definition) is 0. The summed E-state index contributed by atoms with van der Waals surface area (Å²) < 4.78 is 2.64. The van der Waals surface area contributed by atoms with Crippen molar-refractivity contribution in [2.75, 3.05) is 5.33 Å². The Morgan fingerprint density at radius 1 is 1.42 bits per heavy atom. The van der Waals surface area contributed by atoms with Crippen LogP contribution in [0.15, 0.2) is 27.6 Å². The summed E-state index contributed by atoms with van der Waals surface area (Å²) in [6, 6.07) is 3.32. The molecule has 2 nitrogen and oxygen atoms in total. The monoisotopic (exact) mass is 293 g/mol. The Labute approximate surface area is 87.9 Å². The first-order valence-electron chi connectivity index (χ1n) is 3.66. The maximum Gasteiger partial charge on any atom is 0.250 e. The Balaban J connectivity index is 2.83. The molecule has 4 heteroatoms. The second-order valence-electron chi connectivity index (χ2n) is 2.42. The van der Waals surface area contributed by atoms with Crippen LogP contribution in [0.5, 0.6) is 0 Å². The van der Waals surface area contributed by atoms with Crippen LogP contribution >= 0.6 is 31.9 Å². The molecule has 12 heavy (non-hydrogen) atoms. The number of nitrogens with zero attached hydrogens (tertiary/aromatic N) is 1. The molecule has 0 N–H and O–H groups in total. The normalized spacial score (nSPS) is 10.2. The molecule has 0 bridgehead atoms. The van der Waals surface area contributed by atoms with Crippen LogP contribution in [0.4, 0.5) is 0 Å². The maximum atomic E-state index is 11.2. The van der Waals surface area contributed by atoms with Crippen LogP contribution in [0.3, 0.4) is 0 Å². The van der Waals surface area contributed by atoms with Gasteiger partial charge in [-0.1, -0.05) is 15.9 Å². The predicted octanol–water partition coefficient (Wildman–Crippen LogP) is 2.40. The second kappa shape index (κ2) is 4.82. The SMILES string of the molecule is O=c1ccc(Br)cn1CCCBr. The molecule has 1 aromatic heterocycles. The van der Waals surface area contributed by atoms with Crippen LogP contribution < -0.4 is 5.56 Å².